The third kappa shape index (κ3) is 7.48. The molecule has 0 aliphatic rings. The first-order valence-electron chi connectivity index (χ1n) is 7.71. The number of ether oxygens (including phenoxy) is 1. The van der Waals surface area contributed by atoms with Crippen molar-refractivity contribution >= 4 is 27.3 Å². The van der Waals surface area contributed by atoms with Gasteiger partial charge in [-0.15, -0.1) is 0 Å². The fourth-order valence-electron chi connectivity index (χ4n) is 1.97. The van der Waals surface area contributed by atoms with E-state index in [4.69, 9.17) is 4.74 Å². The zero-order chi connectivity index (χ0) is 19.0. The Morgan fingerprint density at radius 3 is 2.64 bits per heavy atom. The van der Waals surface area contributed by atoms with E-state index in [0.717, 1.165) is 16.6 Å². The van der Waals surface area contributed by atoms with Crippen molar-refractivity contribution in [2.45, 2.75) is 26.4 Å². The number of amides is 1. The van der Waals surface area contributed by atoms with Crippen molar-refractivity contribution in [1.82, 2.24) is 5.32 Å². The number of non-ortho nitro benzene ring substituents is 1. The molecule has 0 heterocycles. The van der Waals surface area contributed by atoms with Crippen molar-refractivity contribution in [1.29, 1.82) is 0 Å². The van der Waals surface area contributed by atoms with Crippen molar-refractivity contribution < 1.29 is 22.9 Å². The summed E-state index contributed by atoms with van der Waals surface area (Å²) in [6, 6.07) is 5.13. The Balaban J connectivity index is 2.73. The van der Waals surface area contributed by atoms with Gasteiger partial charge in [0.1, 0.15) is 6.54 Å². The van der Waals surface area contributed by atoms with E-state index < -0.39 is 27.4 Å². The lowest BCUT2D eigenvalue weighted by atomic mass is 10.3. The van der Waals surface area contributed by atoms with Gasteiger partial charge >= 0.3 is 0 Å². The van der Waals surface area contributed by atoms with Gasteiger partial charge in [-0.3, -0.25) is 19.2 Å². The lowest BCUT2D eigenvalue weighted by molar-refractivity contribution is -0.384. The first-order chi connectivity index (χ1) is 11.6. The molecule has 0 unspecified atom stereocenters. The van der Waals surface area contributed by atoms with Gasteiger partial charge in [-0.05, 0) is 26.3 Å². The van der Waals surface area contributed by atoms with Gasteiger partial charge in [-0.2, -0.15) is 0 Å². The second kappa shape index (κ2) is 9.33. The van der Waals surface area contributed by atoms with E-state index in [1.165, 1.54) is 18.2 Å². The molecular weight excluding hydrogens is 350 g/mol. The van der Waals surface area contributed by atoms with Gasteiger partial charge in [-0.1, -0.05) is 6.07 Å². The van der Waals surface area contributed by atoms with E-state index in [-0.39, 0.29) is 17.5 Å². The summed E-state index contributed by atoms with van der Waals surface area (Å²) < 4.78 is 30.1. The van der Waals surface area contributed by atoms with Crippen LogP contribution >= 0.6 is 0 Å². The molecule has 0 atom stereocenters. The number of benzene rings is 1. The molecule has 0 aromatic heterocycles. The maximum Gasteiger partial charge on any atom is 0.271 e. The van der Waals surface area contributed by atoms with E-state index in [1.807, 2.05) is 13.8 Å². The van der Waals surface area contributed by atoms with Gasteiger partial charge < -0.3 is 10.1 Å². The van der Waals surface area contributed by atoms with Crippen LogP contribution in [0.4, 0.5) is 11.4 Å². The molecule has 9 nitrogen and oxygen atoms in total. The average Bonchev–Trinajstić information content (AvgIpc) is 2.51. The zero-order valence-corrected chi connectivity index (χ0v) is 15.3. The highest BCUT2D eigenvalue weighted by Gasteiger charge is 2.22. The van der Waals surface area contributed by atoms with E-state index in [1.54, 1.807) is 0 Å². The van der Waals surface area contributed by atoms with E-state index in [0.29, 0.717) is 19.6 Å². The largest absolute Gasteiger partial charge is 0.379 e. The van der Waals surface area contributed by atoms with Crippen molar-refractivity contribution in [3.05, 3.63) is 34.4 Å². The maximum absolute atomic E-state index is 12.0. The first-order valence-corrected chi connectivity index (χ1v) is 9.56. The molecule has 1 aromatic rings. The van der Waals surface area contributed by atoms with Crippen molar-refractivity contribution in [3.8, 4) is 0 Å². The summed E-state index contributed by atoms with van der Waals surface area (Å²) in [4.78, 5) is 22.2. The summed E-state index contributed by atoms with van der Waals surface area (Å²) in [6.07, 6.45) is 1.64. The molecule has 1 rings (SSSR count). The lowest BCUT2D eigenvalue weighted by Crippen LogP contribution is -2.40. The topological polar surface area (TPSA) is 119 Å². The highest BCUT2D eigenvalue weighted by Crippen LogP contribution is 2.22. The van der Waals surface area contributed by atoms with Gasteiger partial charge in [0.2, 0.25) is 15.9 Å². The van der Waals surface area contributed by atoms with Gasteiger partial charge in [-0.25, -0.2) is 8.42 Å². The lowest BCUT2D eigenvalue weighted by Gasteiger charge is -2.21. The minimum Gasteiger partial charge on any atom is -0.379 e. The molecule has 0 fully saturated rings. The Morgan fingerprint density at radius 2 is 2.08 bits per heavy atom. The molecule has 0 saturated heterocycles. The number of hydrogen-bond donors (Lipinski definition) is 1. The van der Waals surface area contributed by atoms with E-state index >= 15 is 0 Å². The third-order valence-corrected chi connectivity index (χ3v) is 4.25. The number of nitrogens with zero attached hydrogens (tertiary/aromatic N) is 2. The summed E-state index contributed by atoms with van der Waals surface area (Å²) >= 11 is 0. The molecule has 140 valence electrons. The molecule has 1 N–H and O–H groups in total. The quantitative estimate of drug-likeness (QED) is 0.375. The second-order valence-corrected chi connectivity index (χ2v) is 7.58. The van der Waals surface area contributed by atoms with Crippen LogP contribution in [-0.2, 0) is 19.6 Å². The smallest absolute Gasteiger partial charge is 0.271 e. The predicted octanol–water partition coefficient (Wildman–Crippen LogP) is 1.29. The standard InChI is InChI=1S/C15H23N3O6S/c1-12(2)24-9-5-8-16-15(19)11-17(25(3,22)23)13-6-4-7-14(10-13)18(20)21/h4,6-7,10,12H,5,8-9,11H2,1-3H3,(H,16,19). The van der Waals surface area contributed by atoms with Gasteiger partial charge in [0.05, 0.1) is 23.0 Å². The summed E-state index contributed by atoms with van der Waals surface area (Å²) in [7, 11) is -3.78. The van der Waals surface area contributed by atoms with Gasteiger partial charge in [0.25, 0.3) is 5.69 Å². The van der Waals surface area contributed by atoms with Crippen molar-refractivity contribution in [3.63, 3.8) is 0 Å². The van der Waals surface area contributed by atoms with Crippen LogP contribution in [0.25, 0.3) is 0 Å². The highest BCUT2D eigenvalue weighted by atomic mass is 32.2. The van der Waals surface area contributed by atoms with Crippen LogP contribution in [-0.4, -0.2) is 51.3 Å². The molecule has 10 heteroatoms. The molecule has 1 amide bonds. The van der Waals surface area contributed by atoms with Gasteiger partial charge in [0.15, 0.2) is 0 Å². The zero-order valence-electron chi connectivity index (χ0n) is 14.5. The summed E-state index contributed by atoms with van der Waals surface area (Å²) in [5.41, 5.74) is -0.188. The van der Waals surface area contributed by atoms with Crippen LogP contribution in [0.3, 0.4) is 0 Å². The number of carbonyl (C=O) groups is 1. The first kappa shape index (κ1) is 20.8. The van der Waals surface area contributed by atoms with Crippen LogP contribution in [0, 0.1) is 10.1 Å². The van der Waals surface area contributed by atoms with Crippen LogP contribution in [0.5, 0.6) is 0 Å². The predicted molar refractivity (Wildman–Crippen MR) is 94.0 cm³/mol. The Morgan fingerprint density at radius 1 is 1.40 bits per heavy atom. The number of carbonyl (C=O) groups excluding carboxylic acids is 1. The number of nitro groups is 1. The molecule has 25 heavy (non-hydrogen) atoms. The summed E-state index contributed by atoms with van der Waals surface area (Å²) in [6.45, 7) is 4.19. The van der Waals surface area contributed by atoms with Crippen LogP contribution in [0.15, 0.2) is 24.3 Å². The SMILES string of the molecule is CC(C)OCCCNC(=O)CN(c1cccc([N+](=O)[O-])c1)S(C)(=O)=O. The molecule has 0 radical (unpaired) electrons. The Kier molecular flexibility index (Phi) is 7.78. The Bertz CT molecular complexity index is 705. The minimum atomic E-state index is -3.78. The van der Waals surface area contributed by atoms with Crippen LogP contribution < -0.4 is 9.62 Å². The van der Waals surface area contributed by atoms with Crippen LogP contribution in [0.1, 0.15) is 20.3 Å². The molecule has 1 aromatic carbocycles. The Labute approximate surface area is 147 Å². The normalized spacial score (nSPS) is 11.4. The number of anilines is 1. The summed E-state index contributed by atoms with van der Waals surface area (Å²) in [5.74, 6) is -0.499. The number of rotatable bonds is 10. The fraction of sp³-hybridized carbons (Fsp3) is 0.533. The van der Waals surface area contributed by atoms with Crippen molar-refractivity contribution in [2.24, 2.45) is 0 Å². The molecule has 0 bridgehead atoms. The third-order valence-electron chi connectivity index (χ3n) is 3.11. The van der Waals surface area contributed by atoms with Gasteiger partial charge in [0, 0.05) is 25.3 Å². The molecule has 0 aliphatic carbocycles. The monoisotopic (exact) mass is 373 g/mol. The van der Waals surface area contributed by atoms with Crippen molar-refractivity contribution in [2.75, 3.05) is 30.3 Å². The number of nitro benzene ring substituents is 1. The molecule has 0 spiro atoms. The average molecular weight is 373 g/mol. The number of hydrogen-bond acceptors (Lipinski definition) is 6. The number of sulfonamides is 1. The van der Waals surface area contributed by atoms with E-state index in [9.17, 15) is 23.3 Å². The molecule has 0 saturated carbocycles. The maximum atomic E-state index is 12.0. The van der Waals surface area contributed by atoms with Crippen LogP contribution in [0.2, 0.25) is 0 Å². The fourth-order valence-corrected chi connectivity index (χ4v) is 2.82. The Hall–Kier alpha value is -2.20. The summed E-state index contributed by atoms with van der Waals surface area (Å²) in [5, 5.41) is 13.5. The molecular formula is C15H23N3O6S. The number of nitrogens with one attached hydrogen (secondary N) is 1. The minimum absolute atomic E-state index is 0.0648. The highest BCUT2D eigenvalue weighted by molar-refractivity contribution is 7.92. The van der Waals surface area contributed by atoms with E-state index in [2.05, 4.69) is 5.32 Å². The molecule has 0 aliphatic heterocycles. The second-order valence-electron chi connectivity index (χ2n) is 5.67.